The van der Waals surface area contributed by atoms with E-state index in [1.807, 2.05) is 42.8 Å². The molecule has 1 N–H and O–H groups in total. The van der Waals surface area contributed by atoms with Gasteiger partial charge in [-0.15, -0.1) is 21.5 Å². The summed E-state index contributed by atoms with van der Waals surface area (Å²) in [6.45, 7) is 6.60. The van der Waals surface area contributed by atoms with Crippen LogP contribution in [0.2, 0.25) is 0 Å². The zero-order valence-electron chi connectivity index (χ0n) is 20.4. The van der Waals surface area contributed by atoms with Gasteiger partial charge in [0.2, 0.25) is 5.91 Å². The van der Waals surface area contributed by atoms with Crippen molar-refractivity contribution in [3.8, 4) is 5.75 Å². The number of hydrogen-bond acceptors (Lipinski definition) is 8. The lowest BCUT2D eigenvalue weighted by Gasteiger charge is -2.18. The first-order chi connectivity index (χ1) is 16.9. The molecule has 0 aliphatic heterocycles. The molecule has 2 aromatic heterocycles. The number of carbonyl (C=O) groups excluding carboxylic acids is 2. The van der Waals surface area contributed by atoms with Gasteiger partial charge in [0.15, 0.2) is 11.0 Å². The molecule has 0 saturated carbocycles. The molecule has 0 bridgehead atoms. The van der Waals surface area contributed by atoms with E-state index in [0.717, 1.165) is 30.6 Å². The summed E-state index contributed by atoms with van der Waals surface area (Å²) in [7, 11) is 1.85. The monoisotopic (exact) mass is 514 g/mol. The topological polar surface area (TPSA) is 95.3 Å². The Morgan fingerprint density at radius 3 is 2.77 bits per heavy atom. The van der Waals surface area contributed by atoms with E-state index in [9.17, 15) is 9.59 Å². The van der Waals surface area contributed by atoms with Gasteiger partial charge in [0.1, 0.15) is 17.4 Å². The van der Waals surface area contributed by atoms with Gasteiger partial charge in [-0.2, -0.15) is 0 Å². The molecule has 0 saturated heterocycles. The molecule has 0 spiro atoms. The Bertz CT molecular complexity index is 1200. The number of fused-ring (bicyclic) bond motifs is 1. The van der Waals surface area contributed by atoms with Crippen molar-refractivity contribution in [2.45, 2.75) is 51.8 Å². The molecule has 0 radical (unpaired) electrons. The van der Waals surface area contributed by atoms with Gasteiger partial charge >= 0.3 is 5.97 Å². The quantitative estimate of drug-likeness (QED) is 0.324. The molecule has 0 fully saturated rings. The molecule has 2 heterocycles. The van der Waals surface area contributed by atoms with Crippen LogP contribution in [0.5, 0.6) is 5.75 Å². The summed E-state index contributed by atoms with van der Waals surface area (Å²) < 4.78 is 12.9. The summed E-state index contributed by atoms with van der Waals surface area (Å²) in [5.41, 5.74) is 2.71. The predicted molar refractivity (Wildman–Crippen MR) is 137 cm³/mol. The first kappa shape index (κ1) is 25.2. The van der Waals surface area contributed by atoms with Crippen LogP contribution in [-0.2, 0) is 36.0 Å². The molecule has 1 aliphatic carbocycles. The summed E-state index contributed by atoms with van der Waals surface area (Å²) in [5, 5.41) is 12.5. The van der Waals surface area contributed by atoms with Gasteiger partial charge in [-0.3, -0.25) is 4.79 Å². The zero-order valence-corrected chi connectivity index (χ0v) is 22.1. The number of hydrogen-bond donors (Lipinski definition) is 1. The molecule has 1 amide bonds. The van der Waals surface area contributed by atoms with Crippen molar-refractivity contribution in [2.75, 3.05) is 17.7 Å². The SMILES string of the molecule is CCOC(=O)c1c(NC(=O)CSc2nnc(COc3ccc(C)cc3)n2C)sc2c1CCC(C)C2. The number of amides is 1. The Kier molecular flexibility index (Phi) is 8.12. The minimum Gasteiger partial charge on any atom is -0.486 e. The van der Waals surface area contributed by atoms with Crippen LogP contribution in [0, 0.1) is 12.8 Å². The molecule has 8 nitrogen and oxygen atoms in total. The minimum absolute atomic E-state index is 0.145. The van der Waals surface area contributed by atoms with Gasteiger partial charge in [0, 0.05) is 11.9 Å². The number of ether oxygens (including phenoxy) is 2. The lowest BCUT2D eigenvalue weighted by molar-refractivity contribution is -0.113. The highest BCUT2D eigenvalue weighted by Gasteiger charge is 2.29. The van der Waals surface area contributed by atoms with Gasteiger partial charge in [-0.1, -0.05) is 36.4 Å². The number of benzene rings is 1. The van der Waals surface area contributed by atoms with Crippen molar-refractivity contribution in [3.05, 3.63) is 51.7 Å². The summed E-state index contributed by atoms with van der Waals surface area (Å²) in [5.74, 6) is 1.57. The molecule has 1 atom stereocenters. The van der Waals surface area contributed by atoms with Crippen molar-refractivity contribution in [3.63, 3.8) is 0 Å². The van der Waals surface area contributed by atoms with Crippen LogP contribution >= 0.6 is 23.1 Å². The third-order valence-corrected chi connectivity index (χ3v) is 8.08. The van der Waals surface area contributed by atoms with Crippen molar-refractivity contribution in [1.29, 1.82) is 0 Å². The molecular formula is C25H30N4O4S2. The van der Waals surface area contributed by atoms with Gasteiger partial charge < -0.3 is 19.4 Å². The van der Waals surface area contributed by atoms with Crippen molar-refractivity contribution < 1.29 is 19.1 Å². The van der Waals surface area contributed by atoms with E-state index in [4.69, 9.17) is 9.47 Å². The number of carbonyl (C=O) groups is 2. The number of nitrogens with one attached hydrogen (secondary N) is 1. The fraction of sp³-hybridized carbons (Fsp3) is 0.440. The number of aryl methyl sites for hydroxylation is 1. The number of esters is 1. The van der Waals surface area contributed by atoms with Gasteiger partial charge in [0.25, 0.3) is 0 Å². The Hall–Kier alpha value is -2.85. The summed E-state index contributed by atoms with van der Waals surface area (Å²) in [4.78, 5) is 26.6. The van der Waals surface area contributed by atoms with Crippen LogP contribution in [0.4, 0.5) is 5.00 Å². The van der Waals surface area contributed by atoms with E-state index in [1.54, 1.807) is 6.92 Å². The molecule has 1 aromatic carbocycles. The highest BCUT2D eigenvalue weighted by molar-refractivity contribution is 7.99. The number of thioether (sulfide) groups is 1. The maximum Gasteiger partial charge on any atom is 0.341 e. The van der Waals surface area contributed by atoms with Crippen LogP contribution in [0.15, 0.2) is 29.4 Å². The Balaban J connectivity index is 1.38. The maximum atomic E-state index is 12.8. The normalized spacial score (nSPS) is 14.9. The average Bonchev–Trinajstić information content (AvgIpc) is 3.36. The molecule has 35 heavy (non-hydrogen) atoms. The smallest absolute Gasteiger partial charge is 0.341 e. The Labute approximate surface area is 213 Å². The third kappa shape index (κ3) is 6.05. The van der Waals surface area contributed by atoms with E-state index >= 15 is 0 Å². The van der Waals surface area contributed by atoms with Gasteiger partial charge in [0.05, 0.1) is 17.9 Å². The van der Waals surface area contributed by atoms with Crippen molar-refractivity contribution >= 4 is 40.0 Å². The zero-order chi connectivity index (χ0) is 24.9. The summed E-state index contributed by atoms with van der Waals surface area (Å²) in [6.07, 6.45) is 2.78. The second-order valence-electron chi connectivity index (χ2n) is 8.67. The minimum atomic E-state index is -0.367. The largest absolute Gasteiger partial charge is 0.486 e. The van der Waals surface area contributed by atoms with E-state index in [2.05, 4.69) is 22.4 Å². The second kappa shape index (κ2) is 11.3. The molecule has 3 aromatic rings. The molecule has 186 valence electrons. The standard InChI is InChI=1S/C25H30N4O4S2/c1-5-32-24(31)22-18-11-8-16(3)12-19(18)35-23(22)26-21(30)14-34-25-28-27-20(29(25)4)13-33-17-9-6-15(2)7-10-17/h6-7,9-10,16H,5,8,11-14H2,1-4H3,(H,26,30). The third-order valence-electron chi connectivity index (χ3n) is 5.89. The Morgan fingerprint density at radius 1 is 1.26 bits per heavy atom. The second-order valence-corrected chi connectivity index (χ2v) is 10.7. The number of rotatable bonds is 9. The summed E-state index contributed by atoms with van der Waals surface area (Å²) >= 11 is 2.78. The lowest BCUT2D eigenvalue weighted by Crippen LogP contribution is -2.18. The first-order valence-corrected chi connectivity index (χ1v) is 13.5. The van der Waals surface area contributed by atoms with Crippen LogP contribution in [-0.4, -0.2) is 39.0 Å². The number of aromatic nitrogens is 3. The van der Waals surface area contributed by atoms with Gasteiger partial charge in [-0.25, -0.2) is 4.79 Å². The van der Waals surface area contributed by atoms with Crippen LogP contribution in [0.3, 0.4) is 0 Å². The fourth-order valence-corrected chi connectivity index (χ4v) is 6.07. The molecule has 10 heteroatoms. The van der Waals surface area contributed by atoms with Crippen LogP contribution in [0.1, 0.15) is 52.5 Å². The molecular weight excluding hydrogens is 484 g/mol. The Morgan fingerprint density at radius 2 is 2.03 bits per heavy atom. The highest BCUT2D eigenvalue weighted by Crippen LogP contribution is 2.40. The molecule has 1 aliphatic rings. The average molecular weight is 515 g/mol. The number of nitrogens with zero attached hydrogens (tertiary/aromatic N) is 3. The number of anilines is 1. The van der Waals surface area contributed by atoms with Gasteiger partial charge in [-0.05, 0) is 56.7 Å². The summed E-state index contributed by atoms with van der Waals surface area (Å²) in [6, 6.07) is 7.81. The van der Waals surface area contributed by atoms with Crippen molar-refractivity contribution in [2.24, 2.45) is 13.0 Å². The first-order valence-electron chi connectivity index (χ1n) is 11.7. The lowest BCUT2D eigenvalue weighted by atomic mass is 9.88. The highest BCUT2D eigenvalue weighted by atomic mass is 32.2. The van der Waals surface area contributed by atoms with E-state index in [-0.39, 0.29) is 24.2 Å². The van der Waals surface area contributed by atoms with E-state index in [0.29, 0.717) is 34.1 Å². The van der Waals surface area contributed by atoms with E-state index in [1.165, 1.54) is 33.5 Å². The van der Waals surface area contributed by atoms with Crippen LogP contribution in [0.25, 0.3) is 0 Å². The van der Waals surface area contributed by atoms with Crippen molar-refractivity contribution in [1.82, 2.24) is 14.8 Å². The van der Waals surface area contributed by atoms with Crippen LogP contribution < -0.4 is 10.1 Å². The predicted octanol–water partition coefficient (Wildman–Crippen LogP) is 4.80. The molecule has 1 unspecified atom stereocenters. The number of thiophene rings is 1. The maximum absolute atomic E-state index is 12.8. The fourth-order valence-electron chi connectivity index (χ4n) is 3.93. The van der Waals surface area contributed by atoms with E-state index < -0.39 is 0 Å². The molecule has 4 rings (SSSR count).